The number of hydrogen-bond donors (Lipinski definition) is 3. The topological polar surface area (TPSA) is 71.0 Å². The third-order valence-corrected chi connectivity index (χ3v) is 3.30. The Morgan fingerprint density at radius 2 is 2.18 bits per heavy atom. The van der Waals surface area contributed by atoms with Crippen molar-refractivity contribution in [1.82, 2.24) is 25.9 Å². The quantitative estimate of drug-likeness (QED) is 0.550. The minimum Gasteiger partial charge on any atom is -0.362 e. The van der Waals surface area contributed by atoms with Crippen molar-refractivity contribution in [3.05, 3.63) is 15.9 Å². The average Bonchev–Trinajstić information content (AvgIpc) is 2.54. The summed E-state index contributed by atoms with van der Waals surface area (Å²) in [4.78, 5) is 11.8. The Hall–Kier alpha value is -1.15. The number of nitrogens with one attached hydrogen (secondary N) is 3. The first-order chi connectivity index (χ1) is 7.97. The maximum absolute atomic E-state index is 11.8. The van der Waals surface area contributed by atoms with Gasteiger partial charge in [0.25, 0.3) is 5.91 Å². The lowest BCUT2D eigenvalue weighted by Gasteiger charge is -2.08. The predicted molar refractivity (Wildman–Crippen MR) is 72.5 cm³/mol. The molecule has 0 saturated heterocycles. The van der Waals surface area contributed by atoms with E-state index in [1.54, 1.807) is 11.7 Å². The van der Waals surface area contributed by atoms with Crippen LogP contribution >= 0.6 is 28.1 Å². The van der Waals surface area contributed by atoms with Crippen LogP contribution in [0.5, 0.6) is 0 Å². The first-order valence-corrected chi connectivity index (χ1v) is 6.20. The summed E-state index contributed by atoms with van der Waals surface area (Å²) >= 11 is 8.23. The molecule has 0 aliphatic heterocycles. The predicted octanol–water partition coefficient (Wildman–Crippen LogP) is 0.620. The van der Waals surface area contributed by atoms with E-state index in [-0.39, 0.29) is 5.91 Å². The SMILES string of the molecule is CCNC(=S)NNC(=O)c1nn(C)c(C)c1Br. The zero-order valence-electron chi connectivity index (χ0n) is 9.80. The van der Waals surface area contributed by atoms with E-state index in [1.807, 2.05) is 13.8 Å². The zero-order valence-corrected chi connectivity index (χ0v) is 12.2. The molecule has 0 aliphatic carbocycles. The summed E-state index contributed by atoms with van der Waals surface area (Å²) in [5, 5.41) is 7.30. The van der Waals surface area contributed by atoms with Crippen LogP contribution in [0, 0.1) is 6.92 Å². The minimum atomic E-state index is -0.346. The van der Waals surface area contributed by atoms with Crippen LogP contribution in [-0.4, -0.2) is 27.3 Å². The molecule has 0 spiro atoms. The van der Waals surface area contributed by atoms with Crippen LogP contribution in [0.2, 0.25) is 0 Å². The molecular formula is C9H14BrN5OS. The Morgan fingerprint density at radius 1 is 1.53 bits per heavy atom. The van der Waals surface area contributed by atoms with Gasteiger partial charge in [-0.25, -0.2) is 0 Å². The van der Waals surface area contributed by atoms with E-state index >= 15 is 0 Å². The largest absolute Gasteiger partial charge is 0.362 e. The Kier molecular flexibility index (Phi) is 4.88. The average molecular weight is 320 g/mol. The summed E-state index contributed by atoms with van der Waals surface area (Å²) in [5.41, 5.74) is 6.25. The lowest BCUT2D eigenvalue weighted by Crippen LogP contribution is -2.46. The minimum absolute atomic E-state index is 0.316. The van der Waals surface area contributed by atoms with E-state index in [0.29, 0.717) is 21.8 Å². The highest BCUT2D eigenvalue weighted by atomic mass is 79.9. The van der Waals surface area contributed by atoms with E-state index in [0.717, 1.165) is 5.69 Å². The molecule has 0 aromatic carbocycles. The van der Waals surface area contributed by atoms with Gasteiger partial charge in [0.05, 0.1) is 10.2 Å². The van der Waals surface area contributed by atoms with Gasteiger partial charge < -0.3 is 5.32 Å². The van der Waals surface area contributed by atoms with E-state index in [2.05, 4.69) is 37.2 Å². The van der Waals surface area contributed by atoms with Crippen LogP contribution in [0.3, 0.4) is 0 Å². The second-order valence-electron chi connectivity index (χ2n) is 3.31. The third-order valence-electron chi connectivity index (χ3n) is 2.10. The normalized spacial score (nSPS) is 9.88. The molecule has 0 atom stereocenters. The Balaban J connectivity index is 2.64. The number of hydrogen-bond acceptors (Lipinski definition) is 3. The van der Waals surface area contributed by atoms with Crippen LogP contribution in [-0.2, 0) is 7.05 Å². The molecule has 94 valence electrons. The molecule has 0 fully saturated rings. The number of nitrogens with zero attached hydrogens (tertiary/aromatic N) is 2. The second-order valence-corrected chi connectivity index (χ2v) is 4.51. The smallest absolute Gasteiger partial charge is 0.291 e. The van der Waals surface area contributed by atoms with Gasteiger partial charge in [0.2, 0.25) is 0 Å². The zero-order chi connectivity index (χ0) is 13.0. The van der Waals surface area contributed by atoms with Gasteiger partial charge in [-0.3, -0.25) is 20.3 Å². The standard InChI is InChI=1S/C9H14BrN5OS/c1-4-11-9(17)13-12-8(16)7-6(10)5(2)15(3)14-7/h4H2,1-3H3,(H,12,16)(H2,11,13,17). The van der Waals surface area contributed by atoms with Gasteiger partial charge in [-0.15, -0.1) is 0 Å². The maximum atomic E-state index is 11.8. The molecule has 0 unspecified atom stereocenters. The fourth-order valence-electron chi connectivity index (χ4n) is 1.10. The molecule has 1 heterocycles. The van der Waals surface area contributed by atoms with Crippen molar-refractivity contribution in [2.24, 2.45) is 7.05 Å². The van der Waals surface area contributed by atoms with E-state index in [9.17, 15) is 4.79 Å². The first-order valence-electron chi connectivity index (χ1n) is 5.00. The summed E-state index contributed by atoms with van der Waals surface area (Å²) in [6, 6.07) is 0. The van der Waals surface area contributed by atoms with Crippen molar-refractivity contribution >= 4 is 39.2 Å². The Morgan fingerprint density at radius 3 is 2.65 bits per heavy atom. The number of thiocarbonyl (C=S) groups is 1. The molecule has 0 radical (unpaired) electrons. The molecule has 0 bridgehead atoms. The Labute approximate surface area is 113 Å². The summed E-state index contributed by atoms with van der Waals surface area (Å²) < 4.78 is 2.30. The van der Waals surface area contributed by atoms with Crippen molar-refractivity contribution in [3.8, 4) is 0 Å². The highest BCUT2D eigenvalue weighted by Gasteiger charge is 2.17. The van der Waals surface area contributed by atoms with Gasteiger partial charge >= 0.3 is 0 Å². The van der Waals surface area contributed by atoms with Crippen molar-refractivity contribution < 1.29 is 4.79 Å². The number of hydrazine groups is 1. The van der Waals surface area contributed by atoms with Crippen LogP contribution in [0.25, 0.3) is 0 Å². The van der Waals surface area contributed by atoms with Crippen molar-refractivity contribution in [3.63, 3.8) is 0 Å². The monoisotopic (exact) mass is 319 g/mol. The lowest BCUT2D eigenvalue weighted by atomic mass is 10.3. The van der Waals surface area contributed by atoms with Gasteiger partial charge in [0.15, 0.2) is 10.8 Å². The van der Waals surface area contributed by atoms with E-state index in [4.69, 9.17) is 12.2 Å². The van der Waals surface area contributed by atoms with Crippen LogP contribution in [0.15, 0.2) is 4.47 Å². The molecule has 6 nitrogen and oxygen atoms in total. The molecule has 1 aromatic rings. The van der Waals surface area contributed by atoms with Gasteiger partial charge in [-0.1, -0.05) is 0 Å². The van der Waals surface area contributed by atoms with Crippen molar-refractivity contribution in [1.29, 1.82) is 0 Å². The summed E-state index contributed by atoms with van der Waals surface area (Å²) in [6.45, 7) is 4.47. The number of amides is 1. The van der Waals surface area contributed by atoms with Crippen molar-refractivity contribution in [2.75, 3.05) is 6.54 Å². The molecule has 1 aromatic heterocycles. The van der Waals surface area contributed by atoms with Crippen LogP contribution < -0.4 is 16.2 Å². The van der Waals surface area contributed by atoms with Crippen LogP contribution in [0.1, 0.15) is 23.1 Å². The number of aromatic nitrogens is 2. The highest BCUT2D eigenvalue weighted by Crippen LogP contribution is 2.19. The summed E-state index contributed by atoms with van der Waals surface area (Å²) in [5.74, 6) is -0.346. The fourth-order valence-corrected chi connectivity index (χ4v) is 1.82. The maximum Gasteiger partial charge on any atom is 0.291 e. The molecule has 17 heavy (non-hydrogen) atoms. The van der Waals surface area contributed by atoms with E-state index < -0.39 is 0 Å². The first kappa shape index (κ1) is 13.9. The molecule has 3 N–H and O–H groups in total. The summed E-state index contributed by atoms with van der Waals surface area (Å²) in [7, 11) is 1.77. The van der Waals surface area contributed by atoms with Gasteiger partial charge in [-0.05, 0) is 42.0 Å². The molecule has 1 rings (SSSR count). The van der Waals surface area contributed by atoms with Gasteiger partial charge in [0.1, 0.15) is 0 Å². The molecule has 0 saturated carbocycles. The van der Waals surface area contributed by atoms with Crippen LogP contribution in [0.4, 0.5) is 0 Å². The number of carbonyl (C=O) groups is 1. The molecule has 0 aliphatic rings. The number of aryl methyl sites for hydroxylation is 1. The van der Waals surface area contributed by atoms with Crippen molar-refractivity contribution in [2.45, 2.75) is 13.8 Å². The number of carbonyl (C=O) groups excluding carboxylic acids is 1. The van der Waals surface area contributed by atoms with Gasteiger partial charge in [-0.2, -0.15) is 5.10 Å². The van der Waals surface area contributed by atoms with E-state index in [1.165, 1.54) is 0 Å². The lowest BCUT2D eigenvalue weighted by molar-refractivity contribution is 0.0937. The molecular weight excluding hydrogens is 306 g/mol. The Bertz CT molecular complexity index is 445. The fraction of sp³-hybridized carbons (Fsp3) is 0.444. The number of halogens is 1. The number of rotatable bonds is 2. The van der Waals surface area contributed by atoms with Gasteiger partial charge in [0, 0.05) is 13.6 Å². The highest BCUT2D eigenvalue weighted by molar-refractivity contribution is 9.10. The summed E-state index contributed by atoms with van der Waals surface area (Å²) in [6.07, 6.45) is 0. The molecule has 8 heteroatoms. The molecule has 1 amide bonds. The second kappa shape index (κ2) is 5.97. The third kappa shape index (κ3) is 3.40.